The summed E-state index contributed by atoms with van der Waals surface area (Å²) in [5, 5.41) is 12.1. The van der Waals surface area contributed by atoms with Crippen LogP contribution in [0.4, 0.5) is 0 Å². The van der Waals surface area contributed by atoms with Crippen molar-refractivity contribution in [1.82, 2.24) is 25.1 Å². The zero-order chi connectivity index (χ0) is 17.5. The molecule has 0 N–H and O–H groups in total. The molecule has 2 atom stereocenters. The summed E-state index contributed by atoms with van der Waals surface area (Å²) < 4.78 is 13.1. The molecule has 2 aromatic heterocycles. The number of aromatic nitrogens is 4. The summed E-state index contributed by atoms with van der Waals surface area (Å²) in [6.45, 7) is 1.66. The lowest BCUT2D eigenvalue weighted by atomic mass is 10.00. The van der Waals surface area contributed by atoms with E-state index < -0.39 is 0 Å². The summed E-state index contributed by atoms with van der Waals surface area (Å²) in [6.07, 6.45) is 2.53. The molecule has 132 valence electrons. The standard InChI is InChI=1S/C18H17N5O3/c24-18(14-8-17(26-20-14)12-4-2-1-3-5-12)22-7-6-16-15(10-22)23-13(11-25-16)9-19-21-23/h1-5,8-9,15-16H,6-7,10-11H2/t15-,16-/m0/s1. The molecule has 1 saturated heterocycles. The molecule has 1 fully saturated rings. The number of amides is 1. The number of rotatable bonds is 2. The number of nitrogens with zero attached hydrogens (tertiary/aromatic N) is 5. The second-order valence-corrected chi connectivity index (χ2v) is 6.57. The molecule has 0 bridgehead atoms. The highest BCUT2D eigenvalue weighted by molar-refractivity contribution is 5.93. The Balaban J connectivity index is 1.36. The predicted octanol–water partition coefficient (Wildman–Crippen LogP) is 1.92. The van der Waals surface area contributed by atoms with E-state index in [0.29, 0.717) is 31.2 Å². The third kappa shape index (κ3) is 2.50. The van der Waals surface area contributed by atoms with Gasteiger partial charge in [0.1, 0.15) is 0 Å². The fourth-order valence-corrected chi connectivity index (χ4v) is 3.64. The summed E-state index contributed by atoms with van der Waals surface area (Å²) in [6, 6.07) is 11.3. The van der Waals surface area contributed by atoms with Crippen LogP contribution in [0.3, 0.4) is 0 Å². The molecule has 0 spiro atoms. The minimum Gasteiger partial charge on any atom is -0.370 e. The van der Waals surface area contributed by atoms with Crippen molar-refractivity contribution in [2.45, 2.75) is 25.2 Å². The number of fused-ring (bicyclic) bond motifs is 3. The zero-order valence-electron chi connectivity index (χ0n) is 14.0. The van der Waals surface area contributed by atoms with E-state index in [4.69, 9.17) is 9.26 Å². The monoisotopic (exact) mass is 351 g/mol. The lowest BCUT2D eigenvalue weighted by Crippen LogP contribution is -2.50. The van der Waals surface area contributed by atoms with E-state index in [9.17, 15) is 4.79 Å². The molecule has 4 heterocycles. The number of carbonyl (C=O) groups is 1. The molecule has 1 amide bonds. The van der Waals surface area contributed by atoms with Gasteiger partial charge in [0.05, 0.1) is 30.6 Å². The van der Waals surface area contributed by atoms with Crippen LogP contribution in [0.25, 0.3) is 11.3 Å². The van der Waals surface area contributed by atoms with Gasteiger partial charge in [-0.2, -0.15) is 0 Å². The van der Waals surface area contributed by atoms with Crippen molar-refractivity contribution < 1.29 is 14.1 Å². The molecule has 1 aromatic carbocycles. The highest BCUT2D eigenvalue weighted by atomic mass is 16.5. The quantitative estimate of drug-likeness (QED) is 0.701. The first-order valence-corrected chi connectivity index (χ1v) is 8.61. The van der Waals surface area contributed by atoms with E-state index in [1.54, 1.807) is 17.2 Å². The van der Waals surface area contributed by atoms with E-state index in [0.717, 1.165) is 17.7 Å². The van der Waals surface area contributed by atoms with E-state index >= 15 is 0 Å². The van der Waals surface area contributed by atoms with Crippen molar-refractivity contribution in [2.24, 2.45) is 0 Å². The molecule has 5 rings (SSSR count). The van der Waals surface area contributed by atoms with Crippen LogP contribution in [-0.4, -0.2) is 50.2 Å². The van der Waals surface area contributed by atoms with Gasteiger partial charge >= 0.3 is 0 Å². The highest BCUT2D eigenvalue weighted by Crippen LogP contribution is 2.31. The van der Waals surface area contributed by atoms with Crippen LogP contribution < -0.4 is 0 Å². The van der Waals surface area contributed by atoms with Crippen molar-refractivity contribution in [3.8, 4) is 11.3 Å². The number of ether oxygens (including phenoxy) is 1. The van der Waals surface area contributed by atoms with Crippen LogP contribution in [-0.2, 0) is 11.3 Å². The molecule has 8 nitrogen and oxygen atoms in total. The molecule has 0 saturated carbocycles. The Labute approximate surface area is 149 Å². The lowest BCUT2D eigenvalue weighted by molar-refractivity contribution is -0.0606. The fourth-order valence-electron chi connectivity index (χ4n) is 3.64. The molecule has 0 radical (unpaired) electrons. The smallest absolute Gasteiger partial charge is 0.276 e. The summed E-state index contributed by atoms with van der Waals surface area (Å²) in [5.41, 5.74) is 2.15. The summed E-state index contributed by atoms with van der Waals surface area (Å²) >= 11 is 0. The van der Waals surface area contributed by atoms with E-state index in [1.165, 1.54) is 0 Å². The molecule has 2 aliphatic rings. The Hall–Kier alpha value is -3.00. The summed E-state index contributed by atoms with van der Waals surface area (Å²) in [4.78, 5) is 14.7. The van der Waals surface area contributed by atoms with Gasteiger partial charge in [0, 0.05) is 24.7 Å². The van der Waals surface area contributed by atoms with Gasteiger partial charge in [0.25, 0.3) is 5.91 Å². The van der Waals surface area contributed by atoms with Crippen molar-refractivity contribution in [3.63, 3.8) is 0 Å². The largest absolute Gasteiger partial charge is 0.370 e. The second-order valence-electron chi connectivity index (χ2n) is 6.57. The highest BCUT2D eigenvalue weighted by Gasteiger charge is 2.38. The van der Waals surface area contributed by atoms with Crippen LogP contribution in [0.5, 0.6) is 0 Å². The van der Waals surface area contributed by atoms with Gasteiger partial charge in [-0.3, -0.25) is 4.79 Å². The van der Waals surface area contributed by atoms with Crippen molar-refractivity contribution in [1.29, 1.82) is 0 Å². The SMILES string of the molecule is O=C(c1cc(-c2ccccc2)on1)N1CC[C@@H]2OCc3cnnn3[C@H]2C1. The van der Waals surface area contributed by atoms with Gasteiger partial charge in [-0.15, -0.1) is 5.10 Å². The first-order chi connectivity index (χ1) is 12.8. The van der Waals surface area contributed by atoms with Crippen molar-refractivity contribution in [2.75, 3.05) is 13.1 Å². The maximum Gasteiger partial charge on any atom is 0.276 e. The van der Waals surface area contributed by atoms with Gasteiger partial charge in [-0.25, -0.2) is 4.68 Å². The summed E-state index contributed by atoms with van der Waals surface area (Å²) in [7, 11) is 0. The fraction of sp³-hybridized carbons (Fsp3) is 0.333. The normalized spacial score (nSPS) is 21.9. The predicted molar refractivity (Wildman–Crippen MR) is 90.1 cm³/mol. The molecule has 8 heteroatoms. The third-order valence-corrected chi connectivity index (χ3v) is 5.00. The Kier molecular flexibility index (Phi) is 3.56. The van der Waals surface area contributed by atoms with Crippen molar-refractivity contribution >= 4 is 5.91 Å². The van der Waals surface area contributed by atoms with Crippen molar-refractivity contribution in [3.05, 3.63) is 54.0 Å². The van der Waals surface area contributed by atoms with E-state index in [-0.39, 0.29) is 18.1 Å². The summed E-state index contributed by atoms with van der Waals surface area (Å²) in [5.74, 6) is 0.449. The van der Waals surface area contributed by atoms with E-state index in [2.05, 4.69) is 15.5 Å². The van der Waals surface area contributed by atoms with Gasteiger partial charge < -0.3 is 14.2 Å². The van der Waals surface area contributed by atoms with Crippen LogP contribution in [0.1, 0.15) is 28.6 Å². The number of benzene rings is 1. The topological polar surface area (TPSA) is 86.3 Å². The Morgan fingerprint density at radius 2 is 2.12 bits per heavy atom. The molecule has 3 aromatic rings. The molecule has 2 aliphatic heterocycles. The van der Waals surface area contributed by atoms with Gasteiger partial charge in [0.2, 0.25) is 0 Å². The maximum absolute atomic E-state index is 12.9. The average molecular weight is 351 g/mol. The Morgan fingerprint density at radius 3 is 3.00 bits per heavy atom. The van der Waals surface area contributed by atoms with E-state index in [1.807, 2.05) is 35.0 Å². The number of hydrogen-bond donors (Lipinski definition) is 0. The number of likely N-dealkylation sites (tertiary alicyclic amines) is 1. The number of carbonyl (C=O) groups excluding carboxylic acids is 1. The minimum absolute atomic E-state index is 0.0144. The minimum atomic E-state index is -0.137. The third-order valence-electron chi connectivity index (χ3n) is 5.00. The van der Waals surface area contributed by atoms with Crippen LogP contribution in [0.15, 0.2) is 47.1 Å². The molecule has 0 aliphatic carbocycles. The molecular formula is C18H17N5O3. The second kappa shape index (κ2) is 6.06. The molecular weight excluding hydrogens is 334 g/mol. The average Bonchev–Trinajstić information content (AvgIpc) is 3.37. The Bertz CT molecular complexity index is 935. The van der Waals surface area contributed by atoms with Crippen LogP contribution >= 0.6 is 0 Å². The molecule has 26 heavy (non-hydrogen) atoms. The lowest BCUT2D eigenvalue weighted by Gasteiger charge is -2.40. The van der Waals surface area contributed by atoms with Gasteiger partial charge in [0.15, 0.2) is 11.5 Å². The zero-order valence-corrected chi connectivity index (χ0v) is 14.0. The molecule has 0 unspecified atom stereocenters. The first-order valence-electron chi connectivity index (χ1n) is 8.61. The first kappa shape index (κ1) is 15.3. The Morgan fingerprint density at radius 1 is 1.23 bits per heavy atom. The van der Waals surface area contributed by atoms with Gasteiger partial charge in [-0.05, 0) is 6.42 Å². The number of piperidine rings is 1. The van der Waals surface area contributed by atoms with Gasteiger partial charge in [-0.1, -0.05) is 40.7 Å². The van der Waals surface area contributed by atoms with Crippen LogP contribution in [0, 0.1) is 0 Å². The maximum atomic E-state index is 12.9. The number of hydrogen-bond acceptors (Lipinski definition) is 6. The van der Waals surface area contributed by atoms with Crippen LogP contribution in [0.2, 0.25) is 0 Å².